The summed E-state index contributed by atoms with van der Waals surface area (Å²) < 4.78 is 6.51. The molecule has 2 atom stereocenters. The van der Waals surface area contributed by atoms with Crippen LogP contribution in [0.4, 0.5) is 0 Å². The van der Waals surface area contributed by atoms with Crippen molar-refractivity contribution in [1.82, 2.24) is 9.80 Å². The first-order valence-corrected chi connectivity index (χ1v) is 8.00. The molecule has 1 aromatic rings. The predicted molar refractivity (Wildman–Crippen MR) is 79.0 cm³/mol. The van der Waals surface area contributed by atoms with Gasteiger partial charge in [-0.15, -0.1) is 0 Å². The summed E-state index contributed by atoms with van der Waals surface area (Å²) >= 11 is 3.38. The third kappa shape index (κ3) is 2.89. The van der Waals surface area contributed by atoms with Gasteiger partial charge in [0, 0.05) is 25.7 Å². The van der Waals surface area contributed by atoms with Gasteiger partial charge < -0.3 is 10.2 Å². The van der Waals surface area contributed by atoms with Crippen LogP contribution in [0.1, 0.15) is 31.1 Å². The van der Waals surface area contributed by atoms with Crippen LogP contribution >= 0.6 is 15.9 Å². The van der Waals surface area contributed by atoms with Crippen LogP contribution in [0.2, 0.25) is 0 Å². The Morgan fingerprint density at radius 3 is 2.89 bits per heavy atom. The third-order valence-electron chi connectivity index (χ3n) is 4.42. The fraction of sp³-hybridized carbons (Fsp3) is 0.714. The highest BCUT2D eigenvalue weighted by atomic mass is 79.9. The Hall–Kier alpha value is -0.360. The van der Waals surface area contributed by atoms with Crippen LogP contribution in [0.15, 0.2) is 21.2 Å². The second-order valence-corrected chi connectivity index (χ2v) is 6.36. The number of furan rings is 1. The lowest BCUT2D eigenvalue weighted by molar-refractivity contribution is 0.159. The molecule has 106 valence electrons. The van der Waals surface area contributed by atoms with Crippen molar-refractivity contribution >= 4 is 15.9 Å². The van der Waals surface area contributed by atoms with Crippen LogP contribution in [0.3, 0.4) is 0 Å². The Morgan fingerprint density at radius 1 is 1.32 bits per heavy atom. The van der Waals surface area contributed by atoms with E-state index < -0.39 is 0 Å². The summed E-state index contributed by atoms with van der Waals surface area (Å²) in [6, 6.07) is 4.93. The Kier molecular flexibility index (Phi) is 4.27. The lowest BCUT2D eigenvalue weighted by Gasteiger charge is -2.30. The van der Waals surface area contributed by atoms with Crippen molar-refractivity contribution in [3.8, 4) is 0 Å². The maximum Gasteiger partial charge on any atom is 0.169 e. The van der Waals surface area contributed by atoms with E-state index in [1.54, 1.807) is 0 Å². The monoisotopic (exact) mass is 327 g/mol. The Labute approximate surface area is 123 Å². The van der Waals surface area contributed by atoms with E-state index in [2.05, 4.69) is 25.7 Å². The number of rotatable bonds is 3. The molecule has 0 amide bonds. The molecule has 2 unspecified atom stereocenters. The number of halogens is 1. The summed E-state index contributed by atoms with van der Waals surface area (Å²) in [6.45, 7) is 5.37. The summed E-state index contributed by atoms with van der Waals surface area (Å²) in [5.41, 5.74) is 6.00. The van der Waals surface area contributed by atoms with Crippen molar-refractivity contribution in [2.75, 3.05) is 32.7 Å². The molecule has 5 heteroatoms. The highest BCUT2D eigenvalue weighted by Gasteiger charge is 2.32. The molecular weight excluding hydrogens is 306 g/mol. The largest absolute Gasteiger partial charge is 0.453 e. The number of nitrogens with two attached hydrogens (primary N) is 1. The molecule has 0 aliphatic carbocycles. The molecule has 0 saturated carbocycles. The molecule has 2 saturated heterocycles. The van der Waals surface area contributed by atoms with Gasteiger partial charge in [0.25, 0.3) is 0 Å². The van der Waals surface area contributed by atoms with Gasteiger partial charge in [-0.05, 0) is 60.4 Å². The first-order valence-electron chi connectivity index (χ1n) is 7.21. The van der Waals surface area contributed by atoms with Crippen molar-refractivity contribution in [2.24, 2.45) is 5.73 Å². The van der Waals surface area contributed by atoms with E-state index in [9.17, 15) is 0 Å². The van der Waals surface area contributed by atoms with Gasteiger partial charge in [-0.1, -0.05) is 0 Å². The van der Waals surface area contributed by atoms with Crippen molar-refractivity contribution in [3.63, 3.8) is 0 Å². The van der Waals surface area contributed by atoms with Crippen LogP contribution in [-0.4, -0.2) is 48.6 Å². The van der Waals surface area contributed by atoms with Gasteiger partial charge >= 0.3 is 0 Å². The smallest absolute Gasteiger partial charge is 0.169 e. The minimum absolute atomic E-state index is 0.215. The van der Waals surface area contributed by atoms with E-state index in [1.165, 1.54) is 32.4 Å². The lowest BCUT2D eigenvalue weighted by Crippen LogP contribution is -2.40. The zero-order valence-electron chi connectivity index (χ0n) is 11.2. The van der Waals surface area contributed by atoms with E-state index in [-0.39, 0.29) is 6.04 Å². The molecule has 1 aromatic heterocycles. The summed E-state index contributed by atoms with van der Waals surface area (Å²) in [5.74, 6) is 0.987. The topological polar surface area (TPSA) is 45.6 Å². The molecule has 0 radical (unpaired) electrons. The first-order chi connectivity index (χ1) is 9.28. The summed E-state index contributed by atoms with van der Waals surface area (Å²) in [5, 5.41) is 0. The Bertz CT molecular complexity index is 423. The van der Waals surface area contributed by atoms with Crippen molar-refractivity contribution in [2.45, 2.75) is 31.3 Å². The van der Waals surface area contributed by atoms with Gasteiger partial charge in [0.1, 0.15) is 5.76 Å². The molecule has 2 aliphatic rings. The van der Waals surface area contributed by atoms with E-state index >= 15 is 0 Å². The first kappa shape index (κ1) is 13.6. The zero-order chi connectivity index (χ0) is 13.2. The van der Waals surface area contributed by atoms with Gasteiger partial charge in [0.2, 0.25) is 0 Å². The molecule has 2 aliphatic heterocycles. The fourth-order valence-electron chi connectivity index (χ4n) is 3.47. The minimum atomic E-state index is 0.215. The predicted octanol–water partition coefficient (Wildman–Crippen LogP) is 2.21. The average Bonchev–Trinajstić information content (AvgIpc) is 2.96. The van der Waals surface area contributed by atoms with Crippen LogP contribution < -0.4 is 5.73 Å². The van der Waals surface area contributed by atoms with Crippen LogP contribution in [0, 0.1) is 0 Å². The SMILES string of the molecule is NCC(c1ccc(Br)o1)N1CCCN2CCCC2C1. The van der Waals surface area contributed by atoms with Crippen LogP contribution in [0.5, 0.6) is 0 Å². The molecule has 0 aromatic carbocycles. The normalized spacial score (nSPS) is 27.2. The van der Waals surface area contributed by atoms with Gasteiger partial charge in [0.15, 0.2) is 4.67 Å². The number of hydrogen-bond acceptors (Lipinski definition) is 4. The molecule has 2 fully saturated rings. The molecule has 4 nitrogen and oxygen atoms in total. The lowest BCUT2D eigenvalue weighted by atomic mass is 10.1. The number of nitrogens with zero attached hydrogens (tertiary/aromatic N) is 2. The maximum atomic E-state index is 6.00. The second-order valence-electron chi connectivity index (χ2n) is 5.57. The van der Waals surface area contributed by atoms with Crippen molar-refractivity contribution < 1.29 is 4.42 Å². The van der Waals surface area contributed by atoms with E-state index in [0.717, 1.165) is 29.6 Å². The molecule has 3 heterocycles. The van der Waals surface area contributed by atoms with Crippen LogP contribution in [0.25, 0.3) is 0 Å². The summed E-state index contributed by atoms with van der Waals surface area (Å²) in [4.78, 5) is 5.16. The molecule has 19 heavy (non-hydrogen) atoms. The summed E-state index contributed by atoms with van der Waals surface area (Å²) in [6.07, 6.45) is 3.91. The quantitative estimate of drug-likeness (QED) is 0.924. The molecule has 0 spiro atoms. The molecule has 3 rings (SSSR count). The van der Waals surface area contributed by atoms with Gasteiger partial charge in [-0.25, -0.2) is 0 Å². The third-order valence-corrected chi connectivity index (χ3v) is 4.85. The highest BCUT2D eigenvalue weighted by molar-refractivity contribution is 9.10. The van der Waals surface area contributed by atoms with Crippen molar-refractivity contribution in [3.05, 3.63) is 22.6 Å². The van der Waals surface area contributed by atoms with E-state index in [4.69, 9.17) is 10.2 Å². The maximum absolute atomic E-state index is 6.00. The highest BCUT2D eigenvalue weighted by Crippen LogP contribution is 2.29. The van der Waals surface area contributed by atoms with E-state index in [0.29, 0.717) is 6.54 Å². The molecule has 0 bridgehead atoms. The summed E-state index contributed by atoms with van der Waals surface area (Å²) in [7, 11) is 0. The average molecular weight is 328 g/mol. The standard InChI is InChI=1S/C14H22BrN3O/c15-14-5-4-13(19-14)12(9-16)18-8-2-7-17-6-1-3-11(17)10-18/h4-5,11-12H,1-3,6-10,16H2. The molecular formula is C14H22BrN3O. The fourth-order valence-corrected chi connectivity index (χ4v) is 3.79. The minimum Gasteiger partial charge on any atom is -0.453 e. The Morgan fingerprint density at radius 2 is 2.16 bits per heavy atom. The number of hydrogen-bond donors (Lipinski definition) is 1. The van der Waals surface area contributed by atoms with E-state index in [1.807, 2.05) is 12.1 Å². The van der Waals surface area contributed by atoms with Gasteiger partial charge in [0.05, 0.1) is 6.04 Å². The zero-order valence-corrected chi connectivity index (χ0v) is 12.8. The Balaban J connectivity index is 1.75. The van der Waals surface area contributed by atoms with Gasteiger partial charge in [-0.2, -0.15) is 0 Å². The second kappa shape index (κ2) is 5.95. The van der Waals surface area contributed by atoms with Crippen LogP contribution in [-0.2, 0) is 0 Å². The van der Waals surface area contributed by atoms with Crippen molar-refractivity contribution in [1.29, 1.82) is 0 Å². The number of fused-ring (bicyclic) bond motifs is 1. The molecule has 2 N–H and O–H groups in total. The van der Waals surface area contributed by atoms with Gasteiger partial charge in [-0.3, -0.25) is 9.80 Å².